The van der Waals surface area contributed by atoms with E-state index >= 15 is 0 Å². The minimum Gasteiger partial charge on any atom is -0.390 e. The van der Waals surface area contributed by atoms with E-state index in [1.807, 2.05) is 0 Å². The highest BCUT2D eigenvalue weighted by molar-refractivity contribution is 7.39. The van der Waals surface area contributed by atoms with Gasteiger partial charge in [0.15, 0.2) is 5.78 Å². The minimum absolute atomic E-state index is 0.747. The van der Waals surface area contributed by atoms with E-state index in [4.69, 9.17) is 14.9 Å². The molecule has 0 aromatic rings. The number of carbonyl (C=O) groups excluding carboxylic acids is 1. The van der Waals surface area contributed by atoms with Crippen LogP contribution in [0.4, 0.5) is 0 Å². The van der Waals surface area contributed by atoms with Crippen LogP contribution in [0.25, 0.3) is 0 Å². The van der Waals surface area contributed by atoms with Crippen LogP contribution in [0.3, 0.4) is 0 Å². The van der Waals surface area contributed by atoms with Gasteiger partial charge in [0, 0.05) is 0 Å². The summed E-state index contributed by atoms with van der Waals surface area (Å²) in [6, 6.07) is 0. The maximum absolute atomic E-state index is 11.1. The summed E-state index contributed by atoms with van der Waals surface area (Å²) in [6.07, 6.45) is -3.17. The Morgan fingerprint density at radius 3 is 2.27 bits per heavy atom. The van der Waals surface area contributed by atoms with Crippen LogP contribution >= 0.6 is 8.60 Å². The van der Waals surface area contributed by atoms with Crippen molar-refractivity contribution in [3.63, 3.8) is 0 Å². The molecule has 0 aliphatic carbocycles. The average molecular weight is 242 g/mol. The van der Waals surface area contributed by atoms with Crippen molar-refractivity contribution in [2.75, 3.05) is 6.61 Å². The monoisotopic (exact) mass is 242 g/mol. The van der Waals surface area contributed by atoms with Crippen LogP contribution in [-0.4, -0.2) is 55.3 Å². The van der Waals surface area contributed by atoms with Crippen LogP contribution in [0.1, 0.15) is 13.8 Å². The molecule has 0 aliphatic heterocycles. The van der Waals surface area contributed by atoms with Crippen LogP contribution in [0.2, 0.25) is 0 Å². The maximum atomic E-state index is 11.1. The van der Waals surface area contributed by atoms with Gasteiger partial charge in [-0.1, -0.05) is 0 Å². The Hall–Kier alpha value is -0.140. The van der Waals surface area contributed by atoms with Gasteiger partial charge in [0.1, 0.15) is 18.3 Å². The van der Waals surface area contributed by atoms with Gasteiger partial charge >= 0.3 is 8.60 Å². The highest BCUT2D eigenvalue weighted by Gasteiger charge is 2.39. The molecule has 0 saturated carbocycles. The second-order valence-electron chi connectivity index (χ2n) is 3.30. The van der Waals surface area contributed by atoms with Gasteiger partial charge < -0.3 is 29.6 Å². The van der Waals surface area contributed by atoms with Gasteiger partial charge in [-0.2, -0.15) is 0 Å². The van der Waals surface area contributed by atoms with Crippen LogP contribution in [0.15, 0.2) is 0 Å². The lowest BCUT2D eigenvalue weighted by Crippen LogP contribution is -2.52. The molecule has 8 heteroatoms. The van der Waals surface area contributed by atoms with E-state index in [-0.39, 0.29) is 0 Å². The van der Waals surface area contributed by atoms with Crippen molar-refractivity contribution in [1.82, 2.24) is 0 Å². The molecular weight excluding hydrogens is 227 g/mol. The number of Topliss-reactive ketones (excluding diaryl/α,β-unsaturated/α-hetero) is 1. The zero-order valence-electron chi connectivity index (χ0n) is 8.36. The van der Waals surface area contributed by atoms with Crippen LogP contribution in [0, 0.1) is 0 Å². The topological polar surface area (TPSA) is 127 Å². The van der Waals surface area contributed by atoms with E-state index in [2.05, 4.69) is 4.52 Å². The summed E-state index contributed by atoms with van der Waals surface area (Å²) >= 11 is 0. The third-order valence-electron chi connectivity index (χ3n) is 2.03. The van der Waals surface area contributed by atoms with Gasteiger partial charge in [0.05, 0.1) is 6.10 Å². The largest absolute Gasteiger partial charge is 0.390 e. The van der Waals surface area contributed by atoms with Gasteiger partial charge in [-0.05, 0) is 13.8 Å². The molecule has 15 heavy (non-hydrogen) atoms. The van der Waals surface area contributed by atoms with Crippen molar-refractivity contribution in [3.05, 3.63) is 0 Å². The molecule has 3 unspecified atom stereocenters. The van der Waals surface area contributed by atoms with Crippen molar-refractivity contribution < 1.29 is 34.4 Å². The molecule has 7 nitrogen and oxygen atoms in total. The molecule has 3 atom stereocenters. The molecule has 0 aromatic heterocycles. The average Bonchev–Trinajstić information content (AvgIpc) is 2.12. The quantitative estimate of drug-likeness (QED) is 0.350. The summed E-state index contributed by atoms with van der Waals surface area (Å²) in [6.45, 7) is 1.55. The molecule has 0 heterocycles. The lowest BCUT2D eigenvalue weighted by Gasteiger charge is -2.30. The maximum Gasteiger partial charge on any atom is 0.327 e. The lowest BCUT2D eigenvalue weighted by molar-refractivity contribution is -0.158. The first-order valence-electron chi connectivity index (χ1n) is 4.11. The summed E-state index contributed by atoms with van der Waals surface area (Å²) in [7, 11) is -2.69. The number of carbonyl (C=O) groups is 1. The SMILES string of the molecule is CC(O)C(C)(O)C(O)C(=O)COP(O)O. The zero-order chi connectivity index (χ0) is 12.2. The van der Waals surface area contributed by atoms with E-state index in [0.717, 1.165) is 6.92 Å². The molecular formula is C7H15O7P. The van der Waals surface area contributed by atoms with Gasteiger partial charge in [-0.15, -0.1) is 0 Å². The molecule has 0 fully saturated rings. The Balaban J connectivity index is 4.31. The Labute approximate surface area is 87.9 Å². The predicted molar refractivity (Wildman–Crippen MR) is 50.6 cm³/mol. The minimum atomic E-state index is -2.69. The van der Waals surface area contributed by atoms with E-state index in [1.54, 1.807) is 0 Å². The third-order valence-corrected chi connectivity index (χ3v) is 2.39. The van der Waals surface area contributed by atoms with Crippen molar-refractivity contribution in [2.24, 2.45) is 0 Å². The van der Waals surface area contributed by atoms with Crippen molar-refractivity contribution in [2.45, 2.75) is 31.7 Å². The first-order valence-corrected chi connectivity index (χ1v) is 5.28. The Morgan fingerprint density at radius 1 is 1.47 bits per heavy atom. The molecule has 0 rings (SSSR count). The Morgan fingerprint density at radius 2 is 1.93 bits per heavy atom. The Bertz CT molecular complexity index is 215. The molecule has 0 spiro atoms. The predicted octanol–water partition coefficient (Wildman–Crippen LogP) is -1.72. The first kappa shape index (κ1) is 14.9. The summed E-state index contributed by atoms with van der Waals surface area (Å²) in [5.41, 5.74) is -2.01. The fourth-order valence-electron chi connectivity index (χ4n) is 0.755. The van der Waals surface area contributed by atoms with Gasteiger partial charge in [-0.3, -0.25) is 4.79 Å². The third kappa shape index (κ3) is 4.48. The second-order valence-corrected chi connectivity index (χ2v) is 4.06. The highest BCUT2D eigenvalue weighted by atomic mass is 31.2. The number of ketones is 1. The molecule has 0 aliphatic rings. The Kier molecular flexibility index (Phi) is 5.76. The second kappa shape index (κ2) is 5.81. The number of hydrogen-bond acceptors (Lipinski definition) is 7. The number of hydrogen-bond donors (Lipinski definition) is 5. The smallest absolute Gasteiger partial charge is 0.327 e. The molecule has 5 N–H and O–H groups in total. The van der Waals surface area contributed by atoms with Crippen LogP contribution < -0.4 is 0 Å². The van der Waals surface area contributed by atoms with Crippen molar-refractivity contribution in [3.8, 4) is 0 Å². The molecule has 0 radical (unpaired) electrons. The number of aliphatic hydroxyl groups excluding tert-OH is 2. The summed E-state index contributed by atoms with van der Waals surface area (Å²) in [5.74, 6) is -0.948. The summed E-state index contributed by atoms with van der Waals surface area (Å²) in [4.78, 5) is 27.8. The molecule has 0 aromatic carbocycles. The van der Waals surface area contributed by atoms with Crippen molar-refractivity contribution in [1.29, 1.82) is 0 Å². The van der Waals surface area contributed by atoms with Gasteiger partial charge in [0.2, 0.25) is 0 Å². The van der Waals surface area contributed by atoms with Gasteiger partial charge in [-0.25, -0.2) is 0 Å². The molecule has 90 valence electrons. The van der Waals surface area contributed by atoms with Gasteiger partial charge in [0.25, 0.3) is 0 Å². The van der Waals surface area contributed by atoms with Crippen LogP contribution in [-0.2, 0) is 9.32 Å². The first-order chi connectivity index (χ1) is 6.69. The summed E-state index contributed by atoms with van der Waals surface area (Å²) < 4.78 is 4.17. The van der Waals surface area contributed by atoms with E-state index < -0.39 is 38.8 Å². The standard InChI is InChI=1S/C7H15O7P/c1-4(8)7(2,11)6(10)5(9)3-14-15(12)13/h4,6,8,10-13H,3H2,1-2H3. The normalized spacial score (nSPS) is 19.7. The van der Waals surface area contributed by atoms with E-state index in [9.17, 15) is 15.0 Å². The highest BCUT2D eigenvalue weighted by Crippen LogP contribution is 2.24. The summed E-state index contributed by atoms with van der Waals surface area (Å²) in [5, 5.41) is 27.9. The number of rotatable bonds is 6. The lowest BCUT2D eigenvalue weighted by atomic mass is 9.91. The van der Waals surface area contributed by atoms with E-state index in [0.29, 0.717) is 0 Å². The van der Waals surface area contributed by atoms with Crippen molar-refractivity contribution >= 4 is 14.4 Å². The fraction of sp³-hybridized carbons (Fsp3) is 0.857. The van der Waals surface area contributed by atoms with Crippen LogP contribution in [0.5, 0.6) is 0 Å². The molecule has 0 saturated heterocycles. The van der Waals surface area contributed by atoms with E-state index in [1.165, 1.54) is 6.92 Å². The zero-order valence-corrected chi connectivity index (χ0v) is 9.26. The molecule has 0 amide bonds. The molecule has 0 bridgehead atoms. The number of aliphatic hydroxyl groups is 3. The fourth-order valence-corrected chi connectivity index (χ4v) is 0.997.